The third-order valence-electron chi connectivity index (χ3n) is 5.03. The van der Waals surface area contributed by atoms with Gasteiger partial charge in [-0.3, -0.25) is 0 Å². The smallest absolute Gasteiger partial charge is 0.199 e. The highest BCUT2D eigenvalue weighted by Gasteiger charge is 2.39. The zero-order chi connectivity index (χ0) is 15.2. The highest BCUT2D eigenvalue weighted by Crippen LogP contribution is 2.42. The molecule has 0 aromatic heterocycles. The molecule has 1 aliphatic heterocycles. The lowest BCUT2D eigenvalue weighted by atomic mass is 9.67. The first-order valence-electron chi connectivity index (χ1n) is 7.84. The van der Waals surface area contributed by atoms with Crippen molar-refractivity contribution in [2.45, 2.75) is 44.9 Å². The lowest BCUT2D eigenvalue weighted by Gasteiger charge is -2.37. The molecule has 3 atom stereocenters. The standard InChI is InChI=1S/C17H23NO2S/c1-11(2)13-9-8-12(3)10-15(13)17-14-6-4-5-7-16(14)21(19,20)18-17/h4-7,11-13,15H,8-10H2,1-3H3/t12-,13+,15+/m1/s1. The zero-order valence-electron chi connectivity index (χ0n) is 12.9. The fourth-order valence-electron chi connectivity index (χ4n) is 3.92. The lowest BCUT2D eigenvalue weighted by Crippen LogP contribution is -2.33. The Morgan fingerprint density at radius 3 is 2.62 bits per heavy atom. The van der Waals surface area contributed by atoms with Crippen molar-refractivity contribution >= 4 is 15.7 Å². The van der Waals surface area contributed by atoms with E-state index in [2.05, 4.69) is 25.2 Å². The van der Waals surface area contributed by atoms with Crippen LogP contribution in [-0.4, -0.2) is 14.1 Å². The van der Waals surface area contributed by atoms with E-state index in [4.69, 9.17) is 0 Å². The summed E-state index contributed by atoms with van der Waals surface area (Å²) in [6, 6.07) is 7.28. The van der Waals surface area contributed by atoms with Gasteiger partial charge in [-0.2, -0.15) is 12.8 Å². The summed E-state index contributed by atoms with van der Waals surface area (Å²) >= 11 is 0. The Balaban J connectivity index is 2.07. The Hall–Kier alpha value is -1.16. The predicted octanol–water partition coefficient (Wildman–Crippen LogP) is 3.89. The Bertz CT molecular complexity index is 676. The highest BCUT2D eigenvalue weighted by atomic mass is 32.2. The zero-order valence-corrected chi connectivity index (χ0v) is 13.7. The summed E-state index contributed by atoms with van der Waals surface area (Å²) in [4.78, 5) is 0.390. The van der Waals surface area contributed by atoms with Gasteiger partial charge in [0.15, 0.2) is 0 Å². The third kappa shape index (κ3) is 2.54. The molecular formula is C17H23NO2S. The molecule has 1 aromatic carbocycles. The second-order valence-electron chi connectivity index (χ2n) is 6.88. The molecule has 3 rings (SSSR count). The van der Waals surface area contributed by atoms with Crippen LogP contribution in [0, 0.1) is 23.7 Å². The lowest BCUT2D eigenvalue weighted by molar-refractivity contribution is 0.191. The first-order valence-corrected chi connectivity index (χ1v) is 9.28. The van der Waals surface area contributed by atoms with Gasteiger partial charge in [0.05, 0.1) is 10.6 Å². The quantitative estimate of drug-likeness (QED) is 0.832. The van der Waals surface area contributed by atoms with Gasteiger partial charge >= 0.3 is 0 Å². The molecular weight excluding hydrogens is 282 g/mol. The molecule has 1 fully saturated rings. The van der Waals surface area contributed by atoms with Crippen LogP contribution < -0.4 is 0 Å². The van der Waals surface area contributed by atoms with Crippen molar-refractivity contribution in [2.24, 2.45) is 28.1 Å². The van der Waals surface area contributed by atoms with Crippen LogP contribution in [0.2, 0.25) is 0 Å². The molecule has 0 N–H and O–H groups in total. The fourth-order valence-corrected chi connectivity index (χ4v) is 5.21. The van der Waals surface area contributed by atoms with Gasteiger partial charge in [0, 0.05) is 11.5 Å². The summed E-state index contributed by atoms with van der Waals surface area (Å²) in [7, 11) is -3.48. The maximum atomic E-state index is 12.3. The maximum Gasteiger partial charge on any atom is 0.283 e. The molecule has 0 amide bonds. The molecule has 1 aromatic rings. The van der Waals surface area contributed by atoms with E-state index in [1.807, 2.05) is 12.1 Å². The predicted molar refractivity (Wildman–Crippen MR) is 85.0 cm³/mol. The van der Waals surface area contributed by atoms with Crippen LogP contribution in [0.1, 0.15) is 45.6 Å². The second-order valence-corrected chi connectivity index (χ2v) is 8.45. The number of nitrogens with zero attached hydrogens (tertiary/aromatic N) is 1. The van der Waals surface area contributed by atoms with E-state index in [9.17, 15) is 8.42 Å². The van der Waals surface area contributed by atoms with E-state index in [1.54, 1.807) is 12.1 Å². The number of sulfonamides is 1. The van der Waals surface area contributed by atoms with Crippen LogP contribution in [0.4, 0.5) is 0 Å². The number of benzene rings is 1. The Kier molecular flexibility index (Phi) is 3.68. The second kappa shape index (κ2) is 5.24. The van der Waals surface area contributed by atoms with Crippen molar-refractivity contribution in [2.75, 3.05) is 0 Å². The molecule has 21 heavy (non-hydrogen) atoms. The number of hydrogen-bond donors (Lipinski definition) is 0. The largest absolute Gasteiger partial charge is 0.283 e. The molecule has 0 bridgehead atoms. The Morgan fingerprint density at radius 1 is 1.19 bits per heavy atom. The van der Waals surface area contributed by atoms with Crippen LogP contribution >= 0.6 is 0 Å². The SMILES string of the molecule is CC(C)[C@@H]1CC[C@@H](C)C[C@@H]1C1=NS(=O)(=O)c2ccccc21. The van der Waals surface area contributed by atoms with Crippen molar-refractivity contribution in [3.05, 3.63) is 29.8 Å². The van der Waals surface area contributed by atoms with Crippen LogP contribution in [0.5, 0.6) is 0 Å². The maximum absolute atomic E-state index is 12.3. The summed E-state index contributed by atoms with van der Waals surface area (Å²) < 4.78 is 28.7. The van der Waals surface area contributed by atoms with Crippen LogP contribution in [0.25, 0.3) is 0 Å². The monoisotopic (exact) mass is 305 g/mol. The molecule has 1 saturated carbocycles. The van der Waals surface area contributed by atoms with Gasteiger partial charge in [0.1, 0.15) is 0 Å². The van der Waals surface area contributed by atoms with Crippen molar-refractivity contribution in [3.63, 3.8) is 0 Å². The average molecular weight is 305 g/mol. The van der Waals surface area contributed by atoms with Gasteiger partial charge in [0.25, 0.3) is 10.0 Å². The van der Waals surface area contributed by atoms with Crippen molar-refractivity contribution in [1.29, 1.82) is 0 Å². The molecule has 0 saturated heterocycles. The molecule has 4 heteroatoms. The summed E-state index contributed by atoms with van der Waals surface area (Å²) in [5.74, 6) is 2.00. The van der Waals surface area contributed by atoms with E-state index >= 15 is 0 Å². The summed E-state index contributed by atoms with van der Waals surface area (Å²) in [5, 5.41) is 0. The van der Waals surface area contributed by atoms with Gasteiger partial charge in [-0.25, -0.2) is 0 Å². The summed E-state index contributed by atoms with van der Waals surface area (Å²) in [5.41, 5.74) is 1.65. The first-order chi connectivity index (χ1) is 9.90. The molecule has 2 aliphatic rings. The van der Waals surface area contributed by atoms with E-state index in [0.717, 1.165) is 17.7 Å². The summed E-state index contributed by atoms with van der Waals surface area (Å²) in [6.07, 6.45) is 3.46. The van der Waals surface area contributed by atoms with Gasteiger partial charge in [-0.1, -0.05) is 45.4 Å². The van der Waals surface area contributed by atoms with Crippen LogP contribution in [-0.2, 0) is 10.0 Å². The summed E-state index contributed by atoms with van der Waals surface area (Å²) in [6.45, 7) is 6.74. The highest BCUT2D eigenvalue weighted by molar-refractivity contribution is 7.90. The van der Waals surface area contributed by atoms with Crippen molar-refractivity contribution < 1.29 is 8.42 Å². The van der Waals surface area contributed by atoms with Gasteiger partial charge in [-0.15, -0.1) is 0 Å². The van der Waals surface area contributed by atoms with E-state index in [1.165, 1.54) is 12.8 Å². The van der Waals surface area contributed by atoms with Gasteiger partial charge in [-0.05, 0) is 36.7 Å². The topological polar surface area (TPSA) is 46.5 Å². The fraction of sp³-hybridized carbons (Fsp3) is 0.588. The number of fused-ring (bicyclic) bond motifs is 1. The third-order valence-corrected chi connectivity index (χ3v) is 6.38. The molecule has 1 aliphatic carbocycles. The Labute approximate surface area is 127 Å². The van der Waals surface area contributed by atoms with Gasteiger partial charge < -0.3 is 0 Å². The molecule has 0 spiro atoms. The number of hydrogen-bond acceptors (Lipinski definition) is 2. The van der Waals surface area contributed by atoms with E-state index in [0.29, 0.717) is 22.6 Å². The minimum Gasteiger partial charge on any atom is -0.199 e. The molecule has 0 unspecified atom stereocenters. The molecule has 1 heterocycles. The first kappa shape index (κ1) is 14.8. The molecule has 114 valence electrons. The van der Waals surface area contributed by atoms with Crippen molar-refractivity contribution in [1.82, 2.24) is 0 Å². The van der Waals surface area contributed by atoms with Gasteiger partial charge in [0.2, 0.25) is 0 Å². The van der Waals surface area contributed by atoms with Crippen LogP contribution in [0.3, 0.4) is 0 Å². The minimum absolute atomic E-state index is 0.271. The normalized spacial score (nSPS) is 31.0. The molecule has 0 radical (unpaired) electrons. The molecule has 3 nitrogen and oxygen atoms in total. The number of rotatable bonds is 2. The van der Waals surface area contributed by atoms with Crippen LogP contribution in [0.15, 0.2) is 33.6 Å². The average Bonchev–Trinajstić information content (AvgIpc) is 2.71. The van der Waals surface area contributed by atoms with E-state index in [-0.39, 0.29) is 5.92 Å². The minimum atomic E-state index is -3.48. The van der Waals surface area contributed by atoms with E-state index < -0.39 is 10.0 Å². The van der Waals surface area contributed by atoms with Crippen molar-refractivity contribution in [3.8, 4) is 0 Å². The Morgan fingerprint density at radius 2 is 1.90 bits per heavy atom.